The molecule has 134 valence electrons. The van der Waals surface area contributed by atoms with E-state index in [4.69, 9.17) is 9.97 Å². The molecule has 0 amide bonds. The van der Waals surface area contributed by atoms with E-state index < -0.39 is 0 Å². The number of aromatic nitrogens is 3. The van der Waals surface area contributed by atoms with Gasteiger partial charge in [-0.3, -0.25) is 4.90 Å². The molecule has 0 radical (unpaired) electrons. The van der Waals surface area contributed by atoms with Crippen LogP contribution in [-0.4, -0.2) is 59.1 Å². The minimum atomic E-state index is 0.899. The first-order chi connectivity index (χ1) is 12.2. The summed E-state index contributed by atoms with van der Waals surface area (Å²) in [4.78, 5) is 19.1. The number of aryl methyl sites for hydroxylation is 2. The molecule has 1 fully saturated rings. The fraction of sp³-hybridized carbons (Fsp3) is 0.611. The number of hydrogen-bond acceptors (Lipinski definition) is 7. The summed E-state index contributed by atoms with van der Waals surface area (Å²) in [5.41, 5.74) is 3.81. The summed E-state index contributed by atoms with van der Waals surface area (Å²) in [5, 5.41) is 6.82. The lowest BCUT2D eigenvalue weighted by Crippen LogP contribution is -2.46. The Labute approximate surface area is 153 Å². The van der Waals surface area contributed by atoms with Crippen molar-refractivity contribution >= 4 is 17.2 Å². The number of hydrogen-bond donors (Lipinski definition) is 1. The Kier molecular flexibility index (Phi) is 4.96. The summed E-state index contributed by atoms with van der Waals surface area (Å²) in [6, 6.07) is 0. The van der Waals surface area contributed by atoms with Gasteiger partial charge in [-0.15, -0.1) is 11.3 Å². The number of nitrogens with zero attached hydrogens (tertiary/aromatic N) is 5. The van der Waals surface area contributed by atoms with Gasteiger partial charge in [0.25, 0.3) is 0 Å². The van der Waals surface area contributed by atoms with Crippen molar-refractivity contribution in [1.82, 2.24) is 25.2 Å². The molecule has 0 spiro atoms. The van der Waals surface area contributed by atoms with Gasteiger partial charge in [0, 0.05) is 56.6 Å². The quantitative estimate of drug-likeness (QED) is 0.899. The van der Waals surface area contributed by atoms with Crippen LogP contribution in [0.15, 0.2) is 5.38 Å². The summed E-state index contributed by atoms with van der Waals surface area (Å²) >= 11 is 1.74. The van der Waals surface area contributed by atoms with E-state index in [9.17, 15) is 0 Å². The van der Waals surface area contributed by atoms with E-state index in [0.29, 0.717) is 0 Å². The molecule has 6 nitrogen and oxygen atoms in total. The van der Waals surface area contributed by atoms with Gasteiger partial charge in [-0.25, -0.2) is 15.0 Å². The van der Waals surface area contributed by atoms with E-state index >= 15 is 0 Å². The Morgan fingerprint density at radius 2 is 1.84 bits per heavy atom. The van der Waals surface area contributed by atoms with Gasteiger partial charge in [0.2, 0.25) is 0 Å². The van der Waals surface area contributed by atoms with Crippen molar-refractivity contribution in [3.8, 4) is 0 Å². The third-order valence-corrected chi connectivity index (χ3v) is 5.82. The molecule has 1 N–H and O–H groups in total. The molecular weight excluding hydrogens is 332 g/mol. The van der Waals surface area contributed by atoms with Gasteiger partial charge in [0.05, 0.1) is 16.4 Å². The fourth-order valence-corrected chi connectivity index (χ4v) is 4.34. The zero-order valence-electron chi connectivity index (χ0n) is 15.1. The first-order valence-electron chi connectivity index (χ1n) is 9.14. The van der Waals surface area contributed by atoms with Crippen LogP contribution < -0.4 is 10.2 Å². The lowest BCUT2D eigenvalue weighted by atomic mass is 10.1. The van der Waals surface area contributed by atoms with Crippen LogP contribution in [0.2, 0.25) is 0 Å². The Morgan fingerprint density at radius 3 is 2.60 bits per heavy atom. The topological polar surface area (TPSA) is 57.2 Å². The predicted molar refractivity (Wildman–Crippen MR) is 101 cm³/mol. The molecule has 0 unspecified atom stereocenters. The monoisotopic (exact) mass is 358 g/mol. The highest BCUT2D eigenvalue weighted by molar-refractivity contribution is 7.09. The highest BCUT2D eigenvalue weighted by atomic mass is 32.1. The van der Waals surface area contributed by atoms with Crippen LogP contribution >= 0.6 is 11.3 Å². The van der Waals surface area contributed by atoms with E-state index in [2.05, 4.69) is 32.4 Å². The Bertz CT molecular complexity index is 735. The van der Waals surface area contributed by atoms with Crippen LogP contribution in [0, 0.1) is 13.8 Å². The highest BCUT2D eigenvalue weighted by Gasteiger charge is 2.24. The van der Waals surface area contributed by atoms with Crippen molar-refractivity contribution in [1.29, 1.82) is 0 Å². The zero-order chi connectivity index (χ0) is 17.2. The van der Waals surface area contributed by atoms with Gasteiger partial charge in [-0.2, -0.15) is 0 Å². The number of thiazole rings is 1. The van der Waals surface area contributed by atoms with Gasteiger partial charge in [0.1, 0.15) is 11.6 Å². The molecule has 0 aromatic carbocycles. The van der Waals surface area contributed by atoms with Gasteiger partial charge < -0.3 is 10.2 Å². The lowest BCUT2D eigenvalue weighted by Gasteiger charge is -2.36. The number of fused-ring (bicyclic) bond motifs is 1. The van der Waals surface area contributed by atoms with Gasteiger partial charge in [-0.1, -0.05) is 0 Å². The van der Waals surface area contributed by atoms with Crippen molar-refractivity contribution in [2.24, 2.45) is 0 Å². The van der Waals surface area contributed by atoms with Crippen LogP contribution in [0.1, 0.15) is 27.8 Å². The Hall–Kier alpha value is -1.57. The normalized spacial score (nSPS) is 18.9. The smallest absolute Gasteiger partial charge is 0.135 e. The molecule has 2 aromatic heterocycles. The second-order valence-corrected chi connectivity index (χ2v) is 7.95. The highest BCUT2D eigenvalue weighted by Crippen LogP contribution is 2.24. The van der Waals surface area contributed by atoms with E-state index in [1.54, 1.807) is 11.3 Å². The average molecular weight is 359 g/mol. The summed E-state index contributed by atoms with van der Waals surface area (Å²) in [5.74, 6) is 2.08. The average Bonchev–Trinajstić information content (AvgIpc) is 2.87. The molecule has 0 saturated carbocycles. The van der Waals surface area contributed by atoms with Crippen molar-refractivity contribution in [3.63, 3.8) is 0 Å². The van der Waals surface area contributed by atoms with Crippen LogP contribution in [0.3, 0.4) is 0 Å². The molecule has 0 bridgehead atoms. The number of piperazine rings is 1. The molecular formula is C18H26N6S. The Balaban J connectivity index is 1.46. The first-order valence-corrected chi connectivity index (χ1v) is 10.0. The zero-order valence-corrected chi connectivity index (χ0v) is 15.9. The van der Waals surface area contributed by atoms with E-state index in [-0.39, 0.29) is 0 Å². The van der Waals surface area contributed by atoms with Gasteiger partial charge in [-0.05, 0) is 26.8 Å². The van der Waals surface area contributed by atoms with Crippen LogP contribution in [0.4, 0.5) is 5.82 Å². The third kappa shape index (κ3) is 3.83. The third-order valence-electron chi connectivity index (χ3n) is 5.00. The van der Waals surface area contributed by atoms with Crippen LogP contribution in [0.5, 0.6) is 0 Å². The number of nitrogens with one attached hydrogen (secondary N) is 1. The van der Waals surface area contributed by atoms with Crippen LogP contribution in [-0.2, 0) is 19.4 Å². The van der Waals surface area contributed by atoms with Gasteiger partial charge >= 0.3 is 0 Å². The largest absolute Gasteiger partial charge is 0.354 e. The standard InChI is InChI=1S/C18H26N6S/c1-13-20-17-4-6-19-5-3-16(17)18(21-13)24-9-7-23(8-10-24)11-15-12-25-14(2)22-15/h12,19H,3-11H2,1-2H3. The molecule has 7 heteroatoms. The molecule has 4 heterocycles. The van der Waals surface area contributed by atoms with E-state index in [1.165, 1.54) is 22.8 Å². The molecule has 2 aliphatic rings. The maximum Gasteiger partial charge on any atom is 0.135 e. The molecule has 1 saturated heterocycles. The van der Waals surface area contributed by atoms with Crippen molar-refractivity contribution in [2.75, 3.05) is 44.2 Å². The second-order valence-electron chi connectivity index (χ2n) is 6.89. The minimum Gasteiger partial charge on any atom is -0.354 e. The van der Waals surface area contributed by atoms with Gasteiger partial charge in [0.15, 0.2) is 0 Å². The maximum absolute atomic E-state index is 4.82. The summed E-state index contributed by atoms with van der Waals surface area (Å²) < 4.78 is 0. The molecule has 4 rings (SSSR count). The van der Waals surface area contributed by atoms with Crippen molar-refractivity contribution in [3.05, 3.63) is 33.2 Å². The molecule has 0 aliphatic carbocycles. The SMILES string of the molecule is Cc1nc2c(c(N3CCN(Cc4csc(C)n4)CC3)n1)CCNCC2. The summed E-state index contributed by atoms with van der Waals surface area (Å²) in [6.07, 6.45) is 2.04. The maximum atomic E-state index is 4.82. The molecule has 0 atom stereocenters. The predicted octanol–water partition coefficient (Wildman–Crippen LogP) is 1.56. The fourth-order valence-electron chi connectivity index (χ4n) is 3.73. The molecule has 2 aliphatic heterocycles. The van der Waals surface area contributed by atoms with E-state index in [0.717, 1.165) is 69.5 Å². The number of rotatable bonds is 3. The van der Waals surface area contributed by atoms with Crippen LogP contribution in [0.25, 0.3) is 0 Å². The minimum absolute atomic E-state index is 0.899. The van der Waals surface area contributed by atoms with Crippen molar-refractivity contribution < 1.29 is 0 Å². The Morgan fingerprint density at radius 1 is 1.04 bits per heavy atom. The molecule has 25 heavy (non-hydrogen) atoms. The second kappa shape index (κ2) is 7.35. The first kappa shape index (κ1) is 16.9. The summed E-state index contributed by atoms with van der Waals surface area (Å²) in [7, 11) is 0. The molecule has 2 aromatic rings. The summed E-state index contributed by atoms with van der Waals surface area (Å²) in [6.45, 7) is 11.3. The van der Waals surface area contributed by atoms with E-state index in [1.807, 2.05) is 6.92 Å². The number of anilines is 1. The van der Waals surface area contributed by atoms with Crippen molar-refractivity contribution in [2.45, 2.75) is 33.2 Å². The lowest BCUT2D eigenvalue weighted by molar-refractivity contribution is 0.246.